The highest BCUT2D eigenvalue weighted by atomic mass is 32.1. The molecule has 42 heavy (non-hydrogen) atoms. The molecule has 1 unspecified atom stereocenters. The summed E-state index contributed by atoms with van der Waals surface area (Å²) < 4.78 is 26.8. The highest BCUT2D eigenvalue weighted by Gasteiger charge is 2.73. The predicted molar refractivity (Wildman–Crippen MR) is 170 cm³/mol. The van der Waals surface area contributed by atoms with Crippen molar-refractivity contribution >= 4 is 29.0 Å². The second-order valence-corrected chi connectivity index (χ2v) is 16.0. The van der Waals surface area contributed by atoms with E-state index in [1.54, 1.807) is 0 Å². The molecular weight excluding hydrogens is 545 g/mol. The second kappa shape index (κ2) is 11.0. The highest BCUT2D eigenvalue weighted by molar-refractivity contribution is 7.80. The van der Waals surface area contributed by atoms with Gasteiger partial charge in [0, 0.05) is 24.4 Å². The van der Waals surface area contributed by atoms with Crippen molar-refractivity contribution in [3.8, 4) is 0 Å². The number of carbonyl (C=O) groups excluding carboxylic acids is 1. The molecule has 5 fully saturated rings. The van der Waals surface area contributed by atoms with Crippen LogP contribution in [0.25, 0.3) is 0 Å². The first-order valence-electron chi connectivity index (χ1n) is 16.8. The molecule has 6 rings (SSSR count). The van der Waals surface area contributed by atoms with E-state index in [-0.39, 0.29) is 29.3 Å². The summed E-state index contributed by atoms with van der Waals surface area (Å²) in [6.45, 7) is 13.8. The van der Waals surface area contributed by atoms with Gasteiger partial charge in [0.2, 0.25) is 0 Å². The lowest BCUT2D eigenvalue weighted by atomic mass is 9.42. The van der Waals surface area contributed by atoms with Crippen molar-refractivity contribution in [2.45, 2.75) is 130 Å². The fraction of sp³-hybridized carbons (Fsp3) is 0.778. The molecule has 0 bridgehead atoms. The van der Waals surface area contributed by atoms with Gasteiger partial charge in [0.05, 0.1) is 6.04 Å². The minimum atomic E-state index is -0.520. The fourth-order valence-electron chi connectivity index (χ4n) is 11.3. The number of carbonyl (C=O) groups is 1. The Morgan fingerprint density at radius 2 is 1.81 bits per heavy atom. The molecule has 0 N–H and O–H groups in total. The average molecular weight is 598 g/mol. The molecule has 10 atom stereocenters. The van der Waals surface area contributed by atoms with Gasteiger partial charge in [0.25, 0.3) is 5.17 Å². The molecule has 6 heteroatoms. The van der Waals surface area contributed by atoms with Gasteiger partial charge in [-0.1, -0.05) is 53.9 Å². The van der Waals surface area contributed by atoms with Crippen molar-refractivity contribution in [2.24, 2.45) is 46.3 Å². The third-order valence-electron chi connectivity index (χ3n) is 13.2. The van der Waals surface area contributed by atoms with Crippen LogP contribution >= 0.6 is 12.2 Å². The summed E-state index contributed by atoms with van der Waals surface area (Å²) in [6.07, 6.45) is 12.6. The number of thiocarbonyl (C=S) groups is 1. The molecule has 1 aliphatic heterocycles. The number of benzene rings is 1. The van der Waals surface area contributed by atoms with Gasteiger partial charge in [-0.25, -0.2) is 4.39 Å². The number of ether oxygens (including phenoxy) is 2. The van der Waals surface area contributed by atoms with E-state index in [1.165, 1.54) is 64.0 Å². The van der Waals surface area contributed by atoms with Gasteiger partial charge in [-0.2, -0.15) is 0 Å². The van der Waals surface area contributed by atoms with E-state index < -0.39 is 5.60 Å². The first-order valence-corrected chi connectivity index (χ1v) is 17.3. The quantitative estimate of drug-likeness (QED) is 0.232. The zero-order valence-electron chi connectivity index (χ0n) is 26.7. The maximum Gasteiger partial charge on any atom is 0.302 e. The van der Waals surface area contributed by atoms with E-state index in [4.69, 9.17) is 21.7 Å². The monoisotopic (exact) mass is 597 g/mol. The predicted octanol–water partition coefficient (Wildman–Crippen LogP) is 9.10. The van der Waals surface area contributed by atoms with E-state index in [9.17, 15) is 9.18 Å². The summed E-state index contributed by atoms with van der Waals surface area (Å²) in [4.78, 5) is 14.3. The summed E-state index contributed by atoms with van der Waals surface area (Å²) in [5.41, 5.74) is 0.691. The zero-order valence-corrected chi connectivity index (χ0v) is 27.5. The molecule has 1 aromatic carbocycles. The van der Waals surface area contributed by atoms with Crippen molar-refractivity contribution in [2.75, 3.05) is 4.90 Å². The molecule has 5 aliphatic rings. The lowest BCUT2D eigenvalue weighted by molar-refractivity contribution is -0.213. The fourth-order valence-corrected chi connectivity index (χ4v) is 11.7. The van der Waals surface area contributed by atoms with E-state index in [1.807, 2.05) is 12.1 Å². The van der Waals surface area contributed by atoms with Crippen LogP contribution in [0.5, 0.6) is 0 Å². The van der Waals surface area contributed by atoms with Crippen molar-refractivity contribution in [1.29, 1.82) is 0 Å². The minimum absolute atomic E-state index is 0.0462. The van der Waals surface area contributed by atoms with Gasteiger partial charge in [-0.3, -0.25) is 9.69 Å². The van der Waals surface area contributed by atoms with E-state index in [0.29, 0.717) is 34.8 Å². The molecule has 0 aromatic heterocycles. The smallest absolute Gasteiger partial charge is 0.302 e. The number of hydrogen-bond donors (Lipinski definition) is 0. The maximum atomic E-state index is 14.0. The highest BCUT2D eigenvalue weighted by Crippen LogP contribution is 2.71. The summed E-state index contributed by atoms with van der Waals surface area (Å²) in [5, 5.41) is 0.491. The summed E-state index contributed by atoms with van der Waals surface area (Å²) >= 11 is 6.00. The third kappa shape index (κ3) is 4.72. The molecule has 4 nitrogen and oxygen atoms in total. The van der Waals surface area contributed by atoms with Gasteiger partial charge in [0.15, 0.2) is 0 Å². The number of nitrogens with zero attached hydrogens (tertiary/aromatic N) is 1. The average Bonchev–Trinajstić information content (AvgIpc) is 3.41. The van der Waals surface area contributed by atoms with Crippen LogP contribution in [0.4, 0.5) is 10.1 Å². The first-order chi connectivity index (χ1) is 19.9. The molecular formula is C36H52FNO3S. The van der Waals surface area contributed by atoms with Gasteiger partial charge in [0.1, 0.15) is 17.5 Å². The van der Waals surface area contributed by atoms with Gasteiger partial charge >= 0.3 is 5.97 Å². The van der Waals surface area contributed by atoms with Crippen LogP contribution in [0.2, 0.25) is 0 Å². The molecule has 0 radical (unpaired) electrons. The van der Waals surface area contributed by atoms with Crippen molar-refractivity contribution in [3.63, 3.8) is 0 Å². The molecule has 4 aliphatic carbocycles. The van der Waals surface area contributed by atoms with Crippen LogP contribution < -0.4 is 4.90 Å². The van der Waals surface area contributed by atoms with Crippen molar-refractivity contribution in [3.05, 3.63) is 30.1 Å². The normalized spacial score (nSPS) is 41.4. The number of anilines is 1. The Labute approximate surface area is 258 Å². The van der Waals surface area contributed by atoms with Crippen LogP contribution in [-0.2, 0) is 14.3 Å². The molecule has 1 spiro atoms. The largest absolute Gasteiger partial charge is 0.462 e. The molecule has 1 heterocycles. The van der Waals surface area contributed by atoms with Gasteiger partial charge in [-0.15, -0.1) is 0 Å². The molecule has 0 amide bonds. The van der Waals surface area contributed by atoms with Crippen LogP contribution in [-0.4, -0.2) is 28.9 Å². The van der Waals surface area contributed by atoms with Crippen LogP contribution in [0.3, 0.4) is 0 Å². The van der Waals surface area contributed by atoms with Gasteiger partial charge < -0.3 is 9.47 Å². The summed E-state index contributed by atoms with van der Waals surface area (Å²) in [5.74, 6) is 3.75. The van der Waals surface area contributed by atoms with Crippen molar-refractivity contribution < 1.29 is 18.7 Å². The summed E-state index contributed by atoms with van der Waals surface area (Å²) in [6, 6.07) is 6.78. The minimum Gasteiger partial charge on any atom is -0.462 e. The number of fused-ring (bicyclic) bond motifs is 4. The molecule has 232 valence electrons. The molecule has 1 aromatic rings. The molecule has 1 saturated heterocycles. The second-order valence-electron chi connectivity index (χ2n) is 15.7. The van der Waals surface area contributed by atoms with Crippen LogP contribution in [0.1, 0.15) is 112 Å². The Morgan fingerprint density at radius 3 is 2.50 bits per heavy atom. The summed E-state index contributed by atoms with van der Waals surface area (Å²) in [7, 11) is 0. The Bertz CT molecular complexity index is 1190. The Morgan fingerprint density at radius 1 is 1.07 bits per heavy atom. The zero-order chi connectivity index (χ0) is 30.0. The molecule has 4 saturated carbocycles. The SMILES string of the molecule is CC(=O)OC1CC[C@]2(C)[C@H]3CC[C@]4(C)[C@@H]([C@H](C)CCCC(C)C)CC[C@H]4[C@@H]3C[C@@H]3N(c4ccc(F)cc4)C(=S)O[C@@]32C1. The maximum absolute atomic E-state index is 14.0. The lowest BCUT2D eigenvalue weighted by Crippen LogP contribution is -2.69. The van der Waals surface area contributed by atoms with E-state index >= 15 is 0 Å². The standard InChI is InChI=1S/C36H52FNO3S/c1-22(2)8-7-9-23(3)29-14-15-30-28-20-32-36(41-33(42)38(32)26-12-10-25(37)11-13-26)21-27(40-24(4)39)16-19-35(36,6)31(28)17-18-34(29,30)5/h10-13,22-23,27-32H,7-9,14-21H2,1-6H3/t23-,27?,28+,29-,30+,31+,32+,34-,35-,36+/m1/s1. The number of esters is 1. The third-order valence-corrected chi connectivity index (χ3v) is 13.5. The Kier molecular flexibility index (Phi) is 7.97. The topological polar surface area (TPSA) is 38.8 Å². The number of rotatable bonds is 7. The Balaban J connectivity index is 1.35. The van der Waals surface area contributed by atoms with Gasteiger partial charge in [-0.05, 0) is 122 Å². The van der Waals surface area contributed by atoms with E-state index in [0.717, 1.165) is 42.7 Å². The van der Waals surface area contributed by atoms with Crippen LogP contribution in [0, 0.1) is 52.2 Å². The number of hydrogen-bond acceptors (Lipinski definition) is 4. The number of halogens is 1. The first kappa shape index (κ1) is 30.3. The Hall–Kier alpha value is -1.69. The van der Waals surface area contributed by atoms with Crippen LogP contribution in [0.15, 0.2) is 24.3 Å². The van der Waals surface area contributed by atoms with Crippen molar-refractivity contribution in [1.82, 2.24) is 0 Å². The van der Waals surface area contributed by atoms with E-state index in [2.05, 4.69) is 39.5 Å². The lowest BCUT2D eigenvalue weighted by Gasteiger charge is -2.65.